The summed E-state index contributed by atoms with van der Waals surface area (Å²) < 4.78 is 27.1. The second-order valence-electron chi connectivity index (χ2n) is 8.86. The summed E-state index contributed by atoms with van der Waals surface area (Å²) in [6, 6.07) is 22.2. The monoisotopic (exact) mass is 516 g/mol. The Hall–Kier alpha value is -4.10. The van der Waals surface area contributed by atoms with E-state index < -0.39 is 5.97 Å². The van der Waals surface area contributed by atoms with Gasteiger partial charge in [-0.15, -0.1) is 0 Å². The molecule has 0 spiro atoms. The smallest absolute Gasteiger partial charge is 0.343 e. The van der Waals surface area contributed by atoms with E-state index in [1.807, 2.05) is 36.4 Å². The van der Waals surface area contributed by atoms with Gasteiger partial charge in [-0.3, -0.25) is 0 Å². The van der Waals surface area contributed by atoms with E-state index in [1.165, 1.54) is 6.08 Å². The molecule has 1 saturated heterocycles. The van der Waals surface area contributed by atoms with E-state index in [2.05, 4.69) is 6.58 Å². The van der Waals surface area contributed by atoms with Gasteiger partial charge in [0, 0.05) is 6.08 Å². The highest BCUT2D eigenvalue weighted by Gasteiger charge is 2.23. The van der Waals surface area contributed by atoms with E-state index in [9.17, 15) is 9.59 Å². The summed E-state index contributed by atoms with van der Waals surface area (Å²) in [5.41, 5.74) is 2.50. The maximum Gasteiger partial charge on any atom is 0.343 e. The van der Waals surface area contributed by atoms with Crippen molar-refractivity contribution in [1.29, 1.82) is 0 Å². The van der Waals surface area contributed by atoms with Gasteiger partial charge in [0.1, 0.15) is 30.0 Å². The Kier molecular flexibility index (Phi) is 9.93. The number of carbonyl (C=O) groups is 2. The van der Waals surface area contributed by atoms with Crippen LogP contribution in [0, 0.1) is 0 Å². The zero-order valence-corrected chi connectivity index (χ0v) is 21.3. The van der Waals surface area contributed by atoms with E-state index in [-0.39, 0.29) is 12.1 Å². The molecule has 1 aliphatic rings. The fourth-order valence-corrected chi connectivity index (χ4v) is 3.65. The molecule has 0 aliphatic carbocycles. The first-order valence-corrected chi connectivity index (χ1v) is 12.8. The Morgan fingerprint density at radius 1 is 0.763 bits per heavy atom. The molecule has 3 aromatic carbocycles. The maximum absolute atomic E-state index is 12.6. The van der Waals surface area contributed by atoms with Crippen LogP contribution in [-0.4, -0.2) is 44.5 Å². The summed E-state index contributed by atoms with van der Waals surface area (Å²) in [6.45, 7) is 5.70. The number of ether oxygens (including phenoxy) is 5. The summed E-state index contributed by atoms with van der Waals surface area (Å²) in [5, 5.41) is 0. The van der Waals surface area contributed by atoms with Crippen LogP contribution < -0.4 is 14.2 Å². The van der Waals surface area contributed by atoms with Crippen molar-refractivity contribution in [2.45, 2.75) is 31.8 Å². The highest BCUT2D eigenvalue weighted by Crippen LogP contribution is 2.26. The lowest BCUT2D eigenvalue weighted by Crippen LogP contribution is -2.08. The Morgan fingerprint density at radius 3 is 1.92 bits per heavy atom. The van der Waals surface area contributed by atoms with Gasteiger partial charge in [0.05, 0.1) is 25.4 Å². The molecule has 1 aliphatic heterocycles. The summed E-state index contributed by atoms with van der Waals surface area (Å²) in [4.78, 5) is 23.5. The van der Waals surface area contributed by atoms with Gasteiger partial charge in [0.2, 0.25) is 0 Å². The van der Waals surface area contributed by atoms with E-state index in [0.29, 0.717) is 36.9 Å². The molecule has 0 aromatic heterocycles. The highest BCUT2D eigenvalue weighted by molar-refractivity contribution is 5.91. The molecule has 7 heteroatoms. The minimum absolute atomic E-state index is 0.228. The number of benzene rings is 3. The topological polar surface area (TPSA) is 83.6 Å². The molecule has 38 heavy (non-hydrogen) atoms. The number of unbranched alkanes of at least 4 members (excludes halogenated alkanes) is 3. The van der Waals surface area contributed by atoms with Crippen LogP contribution in [0.2, 0.25) is 0 Å². The van der Waals surface area contributed by atoms with Crippen molar-refractivity contribution in [3.05, 3.63) is 91.0 Å². The molecule has 0 N–H and O–H groups in total. The summed E-state index contributed by atoms with van der Waals surface area (Å²) in [7, 11) is 0. The largest absolute Gasteiger partial charge is 0.494 e. The Bertz CT molecular complexity index is 1180. The minimum Gasteiger partial charge on any atom is -0.494 e. The predicted molar refractivity (Wildman–Crippen MR) is 144 cm³/mol. The first kappa shape index (κ1) is 26.9. The second-order valence-corrected chi connectivity index (χ2v) is 8.86. The molecule has 1 heterocycles. The van der Waals surface area contributed by atoms with Gasteiger partial charge >= 0.3 is 11.9 Å². The lowest BCUT2D eigenvalue weighted by atomic mass is 10.1. The fraction of sp³-hybridized carbons (Fsp3) is 0.290. The molecule has 7 nitrogen and oxygen atoms in total. The van der Waals surface area contributed by atoms with Gasteiger partial charge in [0.15, 0.2) is 0 Å². The van der Waals surface area contributed by atoms with Gasteiger partial charge in [0.25, 0.3) is 0 Å². The van der Waals surface area contributed by atoms with E-state index in [4.69, 9.17) is 23.7 Å². The molecule has 1 fully saturated rings. The SMILES string of the molecule is C=CC(=O)OCCCCCCOc1ccc(C(=O)Oc2ccc(-c3ccc(OCC4CO4)cc3)cc2)cc1. The van der Waals surface area contributed by atoms with Crippen molar-refractivity contribution in [2.75, 3.05) is 26.4 Å². The molecule has 0 amide bonds. The number of carbonyl (C=O) groups excluding carboxylic acids is 2. The van der Waals surface area contributed by atoms with Crippen LogP contribution in [0.1, 0.15) is 36.0 Å². The number of rotatable bonds is 15. The van der Waals surface area contributed by atoms with Crippen molar-refractivity contribution >= 4 is 11.9 Å². The van der Waals surface area contributed by atoms with Crippen molar-refractivity contribution in [3.63, 3.8) is 0 Å². The fourth-order valence-electron chi connectivity index (χ4n) is 3.65. The van der Waals surface area contributed by atoms with Gasteiger partial charge < -0.3 is 23.7 Å². The zero-order valence-electron chi connectivity index (χ0n) is 21.3. The van der Waals surface area contributed by atoms with Gasteiger partial charge in [-0.25, -0.2) is 9.59 Å². The molecular formula is C31H32O7. The van der Waals surface area contributed by atoms with Crippen LogP contribution in [0.25, 0.3) is 11.1 Å². The number of esters is 2. The lowest BCUT2D eigenvalue weighted by molar-refractivity contribution is -0.137. The van der Waals surface area contributed by atoms with Crippen molar-refractivity contribution in [2.24, 2.45) is 0 Å². The van der Waals surface area contributed by atoms with Crippen LogP contribution in [-0.2, 0) is 14.3 Å². The van der Waals surface area contributed by atoms with Gasteiger partial charge in [-0.1, -0.05) is 30.8 Å². The van der Waals surface area contributed by atoms with Crippen molar-refractivity contribution in [3.8, 4) is 28.4 Å². The van der Waals surface area contributed by atoms with Crippen LogP contribution in [0.4, 0.5) is 0 Å². The normalized spacial score (nSPS) is 13.8. The van der Waals surface area contributed by atoms with Crippen molar-refractivity contribution < 1.29 is 33.3 Å². The lowest BCUT2D eigenvalue weighted by Gasteiger charge is -2.09. The maximum atomic E-state index is 12.6. The standard InChI is InChI=1S/C31H32O7/c1-2-30(32)35-20-6-4-3-5-19-34-26-15-11-25(12-16-26)31(33)38-28-17-9-24(10-18-28)23-7-13-27(14-8-23)36-21-29-22-37-29/h2,7-18,29H,1,3-6,19-22H2. The van der Waals surface area contributed by atoms with Crippen LogP contribution in [0.15, 0.2) is 85.5 Å². The number of hydrogen-bond acceptors (Lipinski definition) is 7. The van der Waals surface area contributed by atoms with E-state index >= 15 is 0 Å². The third-order valence-corrected chi connectivity index (χ3v) is 5.90. The van der Waals surface area contributed by atoms with E-state index in [1.54, 1.807) is 36.4 Å². The highest BCUT2D eigenvalue weighted by atomic mass is 16.6. The number of epoxide rings is 1. The molecule has 0 bridgehead atoms. The molecular weight excluding hydrogens is 484 g/mol. The van der Waals surface area contributed by atoms with Crippen LogP contribution >= 0.6 is 0 Å². The molecule has 4 rings (SSSR count). The Balaban J connectivity index is 1.16. The molecule has 1 unspecified atom stereocenters. The average Bonchev–Trinajstić information content (AvgIpc) is 3.79. The second kappa shape index (κ2) is 14.0. The van der Waals surface area contributed by atoms with Crippen LogP contribution in [0.5, 0.6) is 17.2 Å². The average molecular weight is 517 g/mol. The van der Waals surface area contributed by atoms with E-state index in [0.717, 1.165) is 49.2 Å². The number of hydrogen-bond donors (Lipinski definition) is 0. The molecule has 0 saturated carbocycles. The van der Waals surface area contributed by atoms with Gasteiger partial charge in [-0.05, 0) is 85.3 Å². The predicted octanol–water partition coefficient (Wildman–Crippen LogP) is 6.02. The third kappa shape index (κ3) is 8.78. The molecule has 1 atom stereocenters. The minimum atomic E-state index is -0.428. The van der Waals surface area contributed by atoms with Crippen LogP contribution in [0.3, 0.4) is 0 Å². The quantitative estimate of drug-likeness (QED) is 0.0803. The van der Waals surface area contributed by atoms with Gasteiger partial charge in [-0.2, -0.15) is 0 Å². The first-order chi connectivity index (χ1) is 18.6. The summed E-state index contributed by atoms with van der Waals surface area (Å²) in [6.07, 6.45) is 5.04. The zero-order chi connectivity index (χ0) is 26.6. The Labute approximate surface area is 222 Å². The molecule has 0 radical (unpaired) electrons. The summed E-state index contributed by atoms with van der Waals surface area (Å²) in [5.74, 6) is 1.17. The first-order valence-electron chi connectivity index (χ1n) is 12.8. The molecule has 198 valence electrons. The van der Waals surface area contributed by atoms with Crippen molar-refractivity contribution in [1.82, 2.24) is 0 Å². The summed E-state index contributed by atoms with van der Waals surface area (Å²) >= 11 is 0. The molecule has 3 aromatic rings. The Morgan fingerprint density at radius 2 is 1.32 bits per heavy atom. The third-order valence-electron chi connectivity index (χ3n) is 5.90.